The number of amides is 1. The van der Waals surface area contributed by atoms with E-state index in [0.29, 0.717) is 5.69 Å². The fraction of sp³-hybridized carbons (Fsp3) is 0.0714. The van der Waals surface area contributed by atoms with Crippen LogP contribution in [0.4, 0.5) is 11.4 Å². The number of nitrogens with zero attached hydrogens (tertiary/aromatic N) is 1. The molecule has 2 rings (SSSR count). The third kappa shape index (κ3) is 3.51. The van der Waals surface area contributed by atoms with Crippen LogP contribution in [0.2, 0.25) is 5.02 Å². The van der Waals surface area contributed by atoms with Crippen LogP contribution in [0.1, 0.15) is 15.9 Å². The van der Waals surface area contributed by atoms with Crippen LogP contribution >= 0.6 is 34.2 Å². The average Bonchev–Trinajstić information content (AvgIpc) is 2.42. The van der Waals surface area contributed by atoms with Crippen LogP contribution in [0.3, 0.4) is 0 Å². The standard InChI is InChI=1S/C14H10ClIN2O3/c1-8-5-6-9(7-12(8)16)17-14(19)10-3-2-4-11(15)13(10)18(20)21/h2-7H,1H3,(H,17,19). The smallest absolute Gasteiger partial charge is 0.300 e. The van der Waals surface area contributed by atoms with Gasteiger partial charge in [0.15, 0.2) is 0 Å². The maximum atomic E-state index is 12.2. The van der Waals surface area contributed by atoms with Crippen molar-refractivity contribution >= 4 is 51.5 Å². The van der Waals surface area contributed by atoms with Crippen molar-refractivity contribution < 1.29 is 9.72 Å². The van der Waals surface area contributed by atoms with Crippen molar-refractivity contribution in [1.29, 1.82) is 0 Å². The number of anilines is 1. The van der Waals surface area contributed by atoms with Gasteiger partial charge in [0.05, 0.1) is 4.92 Å². The van der Waals surface area contributed by atoms with Crippen molar-refractivity contribution in [2.75, 3.05) is 5.32 Å². The molecule has 0 aliphatic rings. The highest BCUT2D eigenvalue weighted by atomic mass is 127. The Morgan fingerprint density at radius 3 is 2.67 bits per heavy atom. The van der Waals surface area contributed by atoms with Crippen LogP contribution in [0.25, 0.3) is 0 Å². The lowest BCUT2D eigenvalue weighted by atomic mass is 10.1. The second-order valence-electron chi connectivity index (χ2n) is 4.31. The molecule has 7 heteroatoms. The van der Waals surface area contributed by atoms with Crippen LogP contribution in [-0.4, -0.2) is 10.8 Å². The Labute approximate surface area is 139 Å². The molecule has 21 heavy (non-hydrogen) atoms. The van der Waals surface area contributed by atoms with Gasteiger partial charge in [-0.3, -0.25) is 14.9 Å². The van der Waals surface area contributed by atoms with E-state index < -0.39 is 16.5 Å². The summed E-state index contributed by atoms with van der Waals surface area (Å²) in [6.07, 6.45) is 0. The number of nitro groups is 1. The van der Waals surface area contributed by atoms with Gasteiger partial charge in [0, 0.05) is 9.26 Å². The van der Waals surface area contributed by atoms with Crippen molar-refractivity contribution in [2.24, 2.45) is 0 Å². The minimum Gasteiger partial charge on any atom is -0.322 e. The predicted octanol–water partition coefficient (Wildman–Crippen LogP) is 4.41. The lowest BCUT2D eigenvalue weighted by Gasteiger charge is -2.08. The largest absolute Gasteiger partial charge is 0.322 e. The zero-order valence-electron chi connectivity index (χ0n) is 10.9. The van der Waals surface area contributed by atoms with Crippen molar-refractivity contribution in [2.45, 2.75) is 6.92 Å². The quantitative estimate of drug-likeness (QED) is 0.457. The minimum atomic E-state index is -0.657. The molecular weight excluding hydrogens is 407 g/mol. The summed E-state index contributed by atoms with van der Waals surface area (Å²) in [5.41, 5.74) is 1.20. The van der Waals surface area contributed by atoms with E-state index in [2.05, 4.69) is 27.9 Å². The van der Waals surface area contributed by atoms with E-state index in [0.717, 1.165) is 9.13 Å². The molecule has 0 bridgehead atoms. The number of aryl methyl sites for hydroxylation is 1. The minimum absolute atomic E-state index is 0.0638. The van der Waals surface area contributed by atoms with E-state index >= 15 is 0 Å². The zero-order valence-corrected chi connectivity index (χ0v) is 13.8. The number of para-hydroxylation sites is 1. The van der Waals surface area contributed by atoms with Crippen molar-refractivity contribution in [1.82, 2.24) is 0 Å². The van der Waals surface area contributed by atoms with E-state index in [-0.39, 0.29) is 10.6 Å². The Morgan fingerprint density at radius 1 is 1.33 bits per heavy atom. The summed E-state index contributed by atoms with van der Waals surface area (Å²) in [6, 6.07) is 9.66. The Balaban J connectivity index is 2.35. The van der Waals surface area contributed by atoms with Gasteiger partial charge >= 0.3 is 5.69 Å². The summed E-state index contributed by atoms with van der Waals surface area (Å²) < 4.78 is 0.992. The van der Waals surface area contributed by atoms with Gasteiger partial charge in [-0.2, -0.15) is 0 Å². The van der Waals surface area contributed by atoms with Gasteiger partial charge in [-0.25, -0.2) is 0 Å². The first kappa shape index (κ1) is 15.7. The molecule has 0 saturated carbocycles. The van der Waals surface area contributed by atoms with Gasteiger partial charge in [-0.1, -0.05) is 23.7 Å². The Hall–Kier alpha value is -1.67. The Kier molecular flexibility index (Phi) is 4.79. The van der Waals surface area contributed by atoms with Crippen LogP contribution in [0.15, 0.2) is 36.4 Å². The molecule has 0 aromatic heterocycles. The van der Waals surface area contributed by atoms with Gasteiger partial charge in [-0.05, 0) is 59.3 Å². The molecule has 1 amide bonds. The number of nitro benzene ring substituents is 1. The van der Waals surface area contributed by atoms with Crippen LogP contribution in [0.5, 0.6) is 0 Å². The maximum Gasteiger partial charge on any atom is 0.300 e. The molecule has 0 unspecified atom stereocenters. The SMILES string of the molecule is Cc1ccc(NC(=O)c2cccc(Cl)c2[N+](=O)[O-])cc1I. The first-order valence-corrected chi connectivity index (χ1v) is 7.36. The number of nitrogens with one attached hydrogen (secondary N) is 1. The van der Waals surface area contributed by atoms with Gasteiger partial charge in [0.25, 0.3) is 5.91 Å². The molecular formula is C14H10ClIN2O3. The summed E-state index contributed by atoms with van der Waals surface area (Å²) in [6.45, 7) is 1.95. The molecule has 108 valence electrons. The van der Waals surface area contributed by atoms with Crippen LogP contribution in [0, 0.1) is 20.6 Å². The Bertz CT molecular complexity index is 734. The molecule has 0 fully saturated rings. The Morgan fingerprint density at radius 2 is 2.05 bits per heavy atom. The van der Waals surface area contributed by atoms with Gasteiger partial charge in [0.1, 0.15) is 10.6 Å². The molecule has 0 heterocycles. The van der Waals surface area contributed by atoms with Crippen molar-refractivity contribution in [3.8, 4) is 0 Å². The second kappa shape index (κ2) is 6.40. The van der Waals surface area contributed by atoms with E-state index in [1.165, 1.54) is 18.2 Å². The molecule has 0 saturated heterocycles. The highest BCUT2D eigenvalue weighted by Crippen LogP contribution is 2.29. The monoisotopic (exact) mass is 416 g/mol. The lowest BCUT2D eigenvalue weighted by Crippen LogP contribution is -2.14. The third-order valence-electron chi connectivity index (χ3n) is 2.84. The molecule has 5 nitrogen and oxygen atoms in total. The number of halogens is 2. The van der Waals surface area contributed by atoms with E-state index in [1.54, 1.807) is 12.1 Å². The molecule has 0 spiro atoms. The average molecular weight is 417 g/mol. The number of carbonyl (C=O) groups is 1. The fourth-order valence-corrected chi connectivity index (χ4v) is 2.51. The number of rotatable bonds is 3. The van der Waals surface area contributed by atoms with Crippen molar-refractivity contribution in [3.05, 3.63) is 66.2 Å². The topological polar surface area (TPSA) is 72.2 Å². The summed E-state index contributed by atoms with van der Waals surface area (Å²) in [4.78, 5) is 22.6. The second-order valence-corrected chi connectivity index (χ2v) is 5.88. The number of carbonyl (C=O) groups excluding carboxylic acids is 1. The van der Waals surface area contributed by atoms with Gasteiger partial charge in [0.2, 0.25) is 0 Å². The number of hydrogen-bond acceptors (Lipinski definition) is 3. The number of benzene rings is 2. The van der Waals surface area contributed by atoms with E-state index in [1.807, 2.05) is 13.0 Å². The van der Waals surface area contributed by atoms with E-state index in [4.69, 9.17) is 11.6 Å². The van der Waals surface area contributed by atoms with Crippen LogP contribution < -0.4 is 5.32 Å². The summed E-state index contributed by atoms with van der Waals surface area (Å²) in [7, 11) is 0. The fourth-order valence-electron chi connectivity index (χ4n) is 1.75. The summed E-state index contributed by atoms with van der Waals surface area (Å²) in [5.74, 6) is -0.566. The van der Waals surface area contributed by atoms with Gasteiger partial charge < -0.3 is 5.32 Å². The highest BCUT2D eigenvalue weighted by Gasteiger charge is 2.23. The maximum absolute atomic E-state index is 12.2. The molecule has 0 radical (unpaired) electrons. The van der Waals surface area contributed by atoms with Crippen LogP contribution in [-0.2, 0) is 0 Å². The first-order chi connectivity index (χ1) is 9.90. The van der Waals surface area contributed by atoms with Crippen molar-refractivity contribution in [3.63, 3.8) is 0 Å². The molecule has 2 aromatic rings. The highest BCUT2D eigenvalue weighted by molar-refractivity contribution is 14.1. The summed E-state index contributed by atoms with van der Waals surface area (Å²) in [5, 5.41) is 13.6. The van der Waals surface area contributed by atoms with Gasteiger partial charge in [-0.15, -0.1) is 0 Å². The summed E-state index contributed by atoms with van der Waals surface area (Å²) >= 11 is 7.95. The third-order valence-corrected chi connectivity index (χ3v) is 4.31. The molecule has 0 atom stereocenters. The van der Waals surface area contributed by atoms with E-state index in [9.17, 15) is 14.9 Å². The molecule has 2 aromatic carbocycles. The molecule has 1 N–H and O–H groups in total. The molecule has 0 aliphatic heterocycles. The lowest BCUT2D eigenvalue weighted by molar-refractivity contribution is -0.385. The predicted molar refractivity (Wildman–Crippen MR) is 90.0 cm³/mol. The normalized spacial score (nSPS) is 10.2. The zero-order chi connectivity index (χ0) is 15.6. The molecule has 0 aliphatic carbocycles. The number of hydrogen-bond donors (Lipinski definition) is 1. The first-order valence-electron chi connectivity index (χ1n) is 5.90.